The van der Waals surface area contributed by atoms with E-state index in [0.29, 0.717) is 12.5 Å². The minimum Gasteiger partial charge on any atom is -0.342 e. The summed E-state index contributed by atoms with van der Waals surface area (Å²) in [5, 5.41) is 0. The molecule has 1 heterocycles. The third-order valence-corrected chi connectivity index (χ3v) is 4.45. The van der Waals surface area contributed by atoms with Crippen LogP contribution in [0.2, 0.25) is 0 Å². The van der Waals surface area contributed by atoms with Crippen molar-refractivity contribution in [1.82, 2.24) is 9.97 Å². The normalized spacial score (nSPS) is 16.5. The van der Waals surface area contributed by atoms with E-state index < -0.39 is 65.0 Å². The van der Waals surface area contributed by atoms with Crippen molar-refractivity contribution >= 4 is 5.78 Å². The summed E-state index contributed by atoms with van der Waals surface area (Å²) in [7, 11) is 0. The average Bonchev–Trinajstić information content (AvgIpc) is 3.19. The number of carbonyl (C=O) groups excluding carboxylic acids is 1. The van der Waals surface area contributed by atoms with Crippen molar-refractivity contribution in [2.75, 3.05) is 0 Å². The maximum Gasteiger partial charge on any atom is 0.460 e. The molecule has 20 heteroatoms. The van der Waals surface area contributed by atoms with E-state index in [-0.39, 0.29) is 6.92 Å². The molecule has 3 nitrogen and oxygen atoms in total. The molecule has 0 aliphatic rings. The van der Waals surface area contributed by atoms with E-state index in [2.05, 4.69) is 4.98 Å². The van der Waals surface area contributed by atoms with Gasteiger partial charge in [-0.1, -0.05) is 0 Å². The number of Topliss-reactive ketones (excluding diaryl/α,β-unsaturated/α-hetero) is 1. The predicted molar refractivity (Wildman–Crippen MR) is 72.8 cm³/mol. The third kappa shape index (κ3) is 3.66. The van der Waals surface area contributed by atoms with Gasteiger partial charge in [-0.15, -0.1) is 0 Å². The van der Waals surface area contributed by atoms with E-state index in [4.69, 9.17) is 0 Å². The van der Waals surface area contributed by atoms with Gasteiger partial charge in [0, 0.05) is 0 Å². The summed E-state index contributed by atoms with van der Waals surface area (Å²) in [4.78, 5) is 16.4. The van der Waals surface area contributed by atoms with E-state index in [1.165, 1.54) is 0 Å². The number of ketones is 1. The van der Waals surface area contributed by atoms with Gasteiger partial charge in [0.2, 0.25) is 0 Å². The van der Waals surface area contributed by atoms with Crippen LogP contribution in [-0.4, -0.2) is 63.4 Å². The average molecular weight is 542 g/mol. The lowest BCUT2D eigenvalue weighted by Crippen LogP contribution is -2.75. The molecule has 0 aromatic carbocycles. The Labute approximate surface area is 175 Å². The molecule has 0 amide bonds. The molecule has 1 aromatic rings. The number of hydrogen-bond donors (Lipinski definition) is 1. The molecule has 0 spiro atoms. The number of imidazole rings is 1. The number of aromatic amines is 1. The minimum atomic E-state index is -8.71. The molecule has 0 aliphatic heterocycles. The Morgan fingerprint density at radius 3 is 1.35 bits per heavy atom. The quantitative estimate of drug-likeness (QED) is 0.297. The SMILES string of the molecule is CC(C(=O)c1cnc[nH]1)C(F)(F)C(F)(F)C(F)(F)C(F)(F)C(F)(F)C(F)(F)C(F)(F)C(F)(F)F. The number of aromatic nitrogens is 2. The van der Waals surface area contributed by atoms with Crippen LogP contribution in [0.15, 0.2) is 12.5 Å². The summed E-state index contributed by atoms with van der Waals surface area (Å²) in [5.74, 6) is -63.4. The van der Waals surface area contributed by atoms with Crippen LogP contribution in [0.25, 0.3) is 0 Å². The molecular formula is C14H7F17N2O. The molecular weight excluding hydrogens is 535 g/mol. The lowest BCUT2D eigenvalue weighted by atomic mass is 9.84. The first-order chi connectivity index (χ1) is 14.7. The Balaban J connectivity index is 3.64. The van der Waals surface area contributed by atoms with Crippen molar-refractivity contribution < 1.29 is 79.4 Å². The molecule has 0 bridgehead atoms. The lowest BCUT2D eigenvalue weighted by molar-refractivity contribution is -0.462. The van der Waals surface area contributed by atoms with Crippen LogP contribution in [0.1, 0.15) is 17.4 Å². The first kappa shape index (κ1) is 29.7. The number of hydrogen-bond acceptors (Lipinski definition) is 2. The smallest absolute Gasteiger partial charge is 0.342 e. The van der Waals surface area contributed by atoms with E-state index in [9.17, 15) is 79.4 Å². The van der Waals surface area contributed by atoms with Crippen molar-refractivity contribution in [3.05, 3.63) is 18.2 Å². The maximum atomic E-state index is 14.0. The highest BCUT2D eigenvalue weighted by Gasteiger charge is 2.95. The van der Waals surface area contributed by atoms with Gasteiger partial charge in [-0.05, 0) is 6.92 Å². The maximum absolute atomic E-state index is 14.0. The van der Waals surface area contributed by atoms with Crippen LogP contribution in [0, 0.1) is 5.92 Å². The van der Waals surface area contributed by atoms with Crippen LogP contribution < -0.4 is 0 Å². The summed E-state index contributed by atoms with van der Waals surface area (Å²) in [6.45, 7) is -0.324. The first-order valence-electron chi connectivity index (χ1n) is 7.92. The molecule has 1 aromatic heterocycles. The molecule has 0 saturated carbocycles. The molecule has 198 valence electrons. The van der Waals surface area contributed by atoms with Crippen molar-refractivity contribution in [3.63, 3.8) is 0 Å². The van der Waals surface area contributed by atoms with Gasteiger partial charge in [0.25, 0.3) is 0 Å². The Bertz CT molecular complexity index is 887. The molecule has 1 unspecified atom stereocenters. The van der Waals surface area contributed by atoms with E-state index in [1.54, 1.807) is 4.98 Å². The fraction of sp³-hybridized carbons (Fsp3) is 0.714. The number of carbonyl (C=O) groups is 1. The van der Waals surface area contributed by atoms with E-state index in [1.807, 2.05) is 0 Å². The molecule has 1 N–H and O–H groups in total. The minimum absolute atomic E-state index is 0.324. The van der Waals surface area contributed by atoms with Gasteiger partial charge in [-0.3, -0.25) is 4.79 Å². The first-order valence-corrected chi connectivity index (χ1v) is 7.92. The summed E-state index contributed by atoms with van der Waals surface area (Å²) in [6, 6.07) is 0. The van der Waals surface area contributed by atoms with Crippen molar-refractivity contribution in [2.45, 2.75) is 54.6 Å². The lowest BCUT2D eigenvalue weighted by Gasteiger charge is -2.43. The van der Waals surface area contributed by atoms with Crippen LogP contribution >= 0.6 is 0 Å². The van der Waals surface area contributed by atoms with Crippen LogP contribution in [0.3, 0.4) is 0 Å². The molecule has 0 aliphatic carbocycles. The highest BCUT2D eigenvalue weighted by Crippen LogP contribution is 2.64. The van der Waals surface area contributed by atoms with Crippen LogP contribution in [0.4, 0.5) is 74.6 Å². The Morgan fingerprint density at radius 1 is 0.676 bits per heavy atom. The molecule has 34 heavy (non-hydrogen) atoms. The van der Waals surface area contributed by atoms with Crippen LogP contribution in [-0.2, 0) is 0 Å². The van der Waals surface area contributed by atoms with Crippen LogP contribution in [0.5, 0.6) is 0 Å². The highest BCUT2D eigenvalue weighted by atomic mass is 19.4. The summed E-state index contributed by atoms with van der Waals surface area (Å²) >= 11 is 0. The monoisotopic (exact) mass is 542 g/mol. The number of alkyl halides is 17. The zero-order chi connectivity index (χ0) is 27.6. The topological polar surface area (TPSA) is 45.8 Å². The van der Waals surface area contributed by atoms with Gasteiger partial charge in [0.1, 0.15) is 5.69 Å². The molecule has 0 radical (unpaired) electrons. The Kier molecular flexibility index (Phi) is 6.87. The second-order valence-corrected chi connectivity index (χ2v) is 6.62. The summed E-state index contributed by atoms with van der Waals surface area (Å²) < 4.78 is 225. The number of nitrogens with zero attached hydrogens (tertiary/aromatic N) is 1. The summed E-state index contributed by atoms with van der Waals surface area (Å²) in [5.41, 5.74) is -1.14. The van der Waals surface area contributed by atoms with Gasteiger partial charge >= 0.3 is 47.6 Å². The van der Waals surface area contributed by atoms with Crippen molar-refractivity contribution in [1.29, 1.82) is 0 Å². The Morgan fingerprint density at radius 2 is 1.03 bits per heavy atom. The van der Waals surface area contributed by atoms with Crippen molar-refractivity contribution in [2.24, 2.45) is 5.92 Å². The summed E-state index contributed by atoms with van der Waals surface area (Å²) in [6.07, 6.45) is -6.95. The Hall–Kier alpha value is -2.31. The zero-order valence-corrected chi connectivity index (χ0v) is 15.5. The number of rotatable bonds is 9. The second-order valence-electron chi connectivity index (χ2n) is 6.62. The molecule has 1 atom stereocenters. The fourth-order valence-electron chi connectivity index (χ4n) is 2.24. The molecule has 0 fully saturated rings. The van der Waals surface area contributed by atoms with Crippen molar-refractivity contribution in [3.8, 4) is 0 Å². The highest BCUT2D eigenvalue weighted by molar-refractivity contribution is 5.96. The zero-order valence-electron chi connectivity index (χ0n) is 15.5. The van der Waals surface area contributed by atoms with E-state index >= 15 is 0 Å². The number of H-pyrrole nitrogens is 1. The van der Waals surface area contributed by atoms with Gasteiger partial charge in [0.15, 0.2) is 5.78 Å². The number of nitrogens with one attached hydrogen (secondary N) is 1. The fourth-order valence-corrected chi connectivity index (χ4v) is 2.24. The van der Waals surface area contributed by atoms with E-state index in [0.717, 1.165) is 0 Å². The van der Waals surface area contributed by atoms with Gasteiger partial charge < -0.3 is 4.98 Å². The predicted octanol–water partition coefficient (Wildman–Crippen LogP) is 6.24. The standard InChI is InChI=1S/C14H7F17N2O/c1-4(6(34)5-2-32-3-33-5)7(15,16)8(17,18)9(19,20)10(21,22)11(23,24)12(25,26)13(27,28)14(29,30)31/h2-4H,1H3,(H,32,33). The molecule has 0 saturated heterocycles. The number of halogens is 17. The van der Waals surface area contributed by atoms with Gasteiger partial charge in [0.05, 0.1) is 18.4 Å². The van der Waals surface area contributed by atoms with Gasteiger partial charge in [-0.2, -0.15) is 74.6 Å². The molecule has 1 rings (SSSR count). The largest absolute Gasteiger partial charge is 0.460 e. The second kappa shape index (κ2) is 7.85. The third-order valence-electron chi connectivity index (χ3n) is 4.45. The van der Waals surface area contributed by atoms with Gasteiger partial charge in [-0.25, -0.2) is 4.98 Å².